The van der Waals surface area contributed by atoms with Gasteiger partial charge in [0.1, 0.15) is 0 Å². The van der Waals surface area contributed by atoms with Gasteiger partial charge in [-0.3, -0.25) is 19.5 Å². The van der Waals surface area contributed by atoms with E-state index in [9.17, 15) is 24.8 Å². The van der Waals surface area contributed by atoms with Crippen molar-refractivity contribution in [1.29, 1.82) is 0 Å². The van der Waals surface area contributed by atoms with E-state index in [-0.39, 0.29) is 23.2 Å². The van der Waals surface area contributed by atoms with Gasteiger partial charge in [-0.15, -0.1) is 0 Å². The largest absolute Gasteiger partial charge is 0.502 e. The number of aromatic hydroxyl groups is 1. The third kappa shape index (κ3) is 3.62. The summed E-state index contributed by atoms with van der Waals surface area (Å²) in [5.74, 6) is -1.07. The summed E-state index contributed by atoms with van der Waals surface area (Å²) in [7, 11) is 0. The maximum atomic E-state index is 12.7. The molecular weight excluding hydrogens is 454 g/mol. The number of phenols is 1. The van der Waals surface area contributed by atoms with Crippen LogP contribution >= 0.6 is 27.3 Å². The van der Waals surface area contributed by atoms with Crippen LogP contribution in [-0.4, -0.2) is 27.2 Å². The number of halogens is 1. The summed E-state index contributed by atoms with van der Waals surface area (Å²) in [6.07, 6.45) is 1.36. The van der Waals surface area contributed by atoms with Gasteiger partial charge in [0.25, 0.3) is 5.56 Å². The Labute approximate surface area is 170 Å². The van der Waals surface area contributed by atoms with Crippen LogP contribution in [0.25, 0.3) is 6.08 Å². The molecule has 1 aromatic carbocycles. The lowest BCUT2D eigenvalue weighted by Crippen LogP contribution is -2.35. The van der Waals surface area contributed by atoms with Gasteiger partial charge < -0.3 is 9.84 Å². The van der Waals surface area contributed by atoms with E-state index in [1.165, 1.54) is 22.8 Å². The predicted molar refractivity (Wildman–Crippen MR) is 105 cm³/mol. The molecule has 1 aliphatic heterocycles. The average molecular weight is 468 g/mol. The van der Waals surface area contributed by atoms with E-state index >= 15 is 0 Å². The number of hydrogen-bond acceptors (Lipinski definition) is 8. The maximum absolute atomic E-state index is 12.7. The van der Waals surface area contributed by atoms with Gasteiger partial charge in [0.2, 0.25) is 5.75 Å². The molecule has 11 heteroatoms. The second-order valence-electron chi connectivity index (χ2n) is 5.80. The Morgan fingerprint density at radius 2 is 2.25 bits per heavy atom. The number of fused-ring (bicyclic) bond motifs is 1. The number of rotatable bonds is 4. The van der Waals surface area contributed by atoms with E-state index in [0.717, 1.165) is 11.3 Å². The standard InChI is InChI=1S/C17H14BrN3O6S/c1-3-27-16(24)11-7-20-15(23)13(28-17(20)19-8(11)2)5-9-4-10(18)6-12(14(9)22)21(25)26/h4-6,22H,3,7H2,1-2H3/b13-5-. The van der Waals surface area contributed by atoms with Crippen LogP contribution in [0.2, 0.25) is 0 Å². The molecule has 2 heterocycles. The van der Waals surface area contributed by atoms with Crippen molar-refractivity contribution in [2.75, 3.05) is 6.61 Å². The Morgan fingerprint density at radius 3 is 2.89 bits per heavy atom. The number of benzene rings is 1. The second kappa shape index (κ2) is 7.68. The van der Waals surface area contributed by atoms with Crippen molar-refractivity contribution >= 4 is 45.0 Å². The monoisotopic (exact) mass is 467 g/mol. The Kier molecular flexibility index (Phi) is 5.47. The van der Waals surface area contributed by atoms with Crippen LogP contribution in [0.4, 0.5) is 5.69 Å². The number of phenolic OH excluding ortho intramolecular Hbond substituents is 1. The number of thiazole rings is 1. The van der Waals surface area contributed by atoms with Crippen molar-refractivity contribution < 1.29 is 19.6 Å². The molecule has 0 saturated carbocycles. The summed E-state index contributed by atoms with van der Waals surface area (Å²) in [6.45, 7) is 3.58. The minimum atomic E-state index is -0.710. The molecule has 0 atom stereocenters. The highest BCUT2D eigenvalue weighted by atomic mass is 79.9. The topological polar surface area (TPSA) is 124 Å². The number of carbonyl (C=O) groups is 1. The van der Waals surface area contributed by atoms with Crippen LogP contribution < -0.4 is 14.9 Å². The molecule has 1 aliphatic rings. The van der Waals surface area contributed by atoms with Gasteiger partial charge in [-0.25, -0.2) is 9.79 Å². The minimum Gasteiger partial charge on any atom is -0.502 e. The van der Waals surface area contributed by atoms with Gasteiger partial charge in [-0.1, -0.05) is 27.3 Å². The molecule has 0 unspecified atom stereocenters. The van der Waals surface area contributed by atoms with Gasteiger partial charge >= 0.3 is 11.7 Å². The van der Waals surface area contributed by atoms with Crippen molar-refractivity contribution in [1.82, 2.24) is 4.57 Å². The van der Waals surface area contributed by atoms with Crippen LogP contribution in [0.1, 0.15) is 19.4 Å². The third-order valence-electron chi connectivity index (χ3n) is 3.99. The van der Waals surface area contributed by atoms with E-state index in [1.54, 1.807) is 13.8 Å². The van der Waals surface area contributed by atoms with E-state index in [1.807, 2.05) is 0 Å². The molecule has 0 radical (unpaired) electrons. The van der Waals surface area contributed by atoms with Crippen LogP contribution in [0, 0.1) is 10.1 Å². The maximum Gasteiger partial charge on any atom is 0.337 e. The summed E-state index contributed by atoms with van der Waals surface area (Å²) in [5, 5.41) is 21.2. The Balaban J connectivity index is 2.13. The first-order chi connectivity index (χ1) is 13.2. The number of aromatic nitrogens is 1. The zero-order valence-corrected chi connectivity index (χ0v) is 17.2. The summed E-state index contributed by atoms with van der Waals surface area (Å²) in [5.41, 5.74) is -0.0180. The average Bonchev–Trinajstić information content (AvgIpc) is 2.92. The van der Waals surface area contributed by atoms with E-state index in [2.05, 4.69) is 20.9 Å². The highest BCUT2D eigenvalue weighted by molar-refractivity contribution is 9.10. The van der Waals surface area contributed by atoms with Crippen molar-refractivity contribution in [3.63, 3.8) is 0 Å². The number of allylic oxidation sites excluding steroid dienone is 1. The molecule has 0 saturated heterocycles. The quantitative estimate of drug-likeness (QED) is 0.413. The first-order valence-electron chi connectivity index (χ1n) is 8.06. The summed E-state index contributed by atoms with van der Waals surface area (Å²) in [6, 6.07) is 2.64. The number of hydrogen-bond donors (Lipinski definition) is 1. The molecule has 146 valence electrons. The molecule has 28 heavy (non-hydrogen) atoms. The first-order valence-corrected chi connectivity index (χ1v) is 9.67. The minimum absolute atomic E-state index is 0.0251. The van der Waals surface area contributed by atoms with Crippen LogP contribution in [0.5, 0.6) is 5.75 Å². The number of carbonyl (C=O) groups excluding carboxylic acids is 1. The zero-order chi connectivity index (χ0) is 20.6. The molecule has 3 rings (SSSR count). The fourth-order valence-electron chi connectivity index (χ4n) is 2.64. The van der Waals surface area contributed by atoms with Crippen molar-refractivity contribution in [3.05, 3.63) is 63.2 Å². The number of nitro groups is 1. The normalized spacial score (nSPS) is 13.9. The Hall–Kier alpha value is -2.79. The van der Waals surface area contributed by atoms with Crippen molar-refractivity contribution in [3.8, 4) is 5.75 Å². The zero-order valence-electron chi connectivity index (χ0n) is 14.8. The lowest BCUT2D eigenvalue weighted by Gasteiger charge is -2.12. The molecule has 0 spiro atoms. The summed E-state index contributed by atoms with van der Waals surface area (Å²) < 4.78 is 6.93. The second-order valence-corrected chi connectivity index (χ2v) is 7.73. The number of ether oxygens (including phenoxy) is 1. The SMILES string of the molecule is CCOC(=O)C1=C(C)N=c2s/c(=C\c3cc(Br)cc([N+](=O)[O-])c3O)c(=O)n2C1. The predicted octanol–water partition coefficient (Wildman–Crippen LogP) is 1.59. The van der Waals surface area contributed by atoms with Gasteiger partial charge in [-0.05, 0) is 26.0 Å². The van der Waals surface area contributed by atoms with Gasteiger partial charge in [0.15, 0.2) is 4.80 Å². The molecule has 1 aromatic heterocycles. The van der Waals surface area contributed by atoms with E-state index < -0.39 is 27.9 Å². The summed E-state index contributed by atoms with van der Waals surface area (Å²) in [4.78, 5) is 39.9. The number of nitro benzene ring substituents is 1. The van der Waals surface area contributed by atoms with Crippen LogP contribution in [-0.2, 0) is 16.1 Å². The number of nitrogens with zero attached hydrogens (tertiary/aromatic N) is 3. The molecule has 0 fully saturated rings. The van der Waals surface area contributed by atoms with Crippen LogP contribution in [0.3, 0.4) is 0 Å². The van der Waals surface area contributed by atoms with Gasteiger partial charge in [-0.2, -0.15) is 0 Å². The Morgan fingerprint density at radius 1 is 1.54 bits per heavy atom. The van der Waals surface area contributed by atoms with Gasteiger partial charge in [0, 0.05) is 16.1 Å². The molecule has 0 amide bonds. The van der Waals surface area contributed by atoms with E-state index in [4.69, 9.17) is 4.74 Å². The van der Waals surface area contributed by atoms with E-state index in [0.29, 0.717) is 20.5 Å². The van der Waals surface area contributed by atoms with Crippen LogP contribution in [0.15, 0.2) is 37.7 Å². The first kappa shape index (κ1) is 20.0. The highest BCUT2D eigenvalue weighted by Gasteiger charge is 2.22. The molecule has 9 nitrogen and oxygen atoms in total. The smallest absolute Gasteiger partial charge is 0.337 e. The molecule has 1 N–H and O–H groups in total. The van der Waals surface area contributed by atoms with Crippen molar-refractivity contribution in [2.45, 2.75) is 20.4 Å². The third-order valence-corrected chi connectivity index (χ3v) is 5.46. The summed E-state index contributed by atoms with van der Waals surface area (Å²) >= 11 is 4.22. The van der Waals surface area contributed by atoms with Gasteiger partial charge in [0.05, 0.1) is 33.9 Å². The molecule has 0 aliphatic carbocycles. The number of esters is 1. The molecule has 2 aromatic rings. The fraction of sp³-hybridized carbons (Fsp3) is 0.235. The lowest BCUT2D eigenvalue weighted by atomic mass is 10.1. The van der Waals surface area contributed by atoms with Crippen molar-refractivity contribution in [2.24, 2.45) is 4.99 Å². The highest BCUT2D eigenvalue weighted by Crippen LogP contribution is 2.33. The molecular formula is C17H14BrN3O6S. The Bertz CT molecular complexity index is 1210. The fourth-order valence-corrected chi connectivity index (χ4v) is 4.12. The lowest BCUT2D eigenvalue weighted by molar-refractivity contribution is -0.385. The molecule has 0 bridgehead atoms.